The molecule has 2 aliphatic rings. The highest BCUT2D eigenvalue weighted by Gasteiger charge is 2.28. The molecule has 0 amide bonds. The lowest BCUT2D eigenvalue weighted by Crippen LogP contribution is -2.12. The molecule has 62 valence electrons. The summed E-state index contributed by atoms with van der Waals surface area (Å²) in [6, 6.07) is 0. The van der Waals surface area contributed by atoms with E-state index in [0.717, 1.165) is 11.8 Å². The van der Waals surface area contributed by atoms with Crippen LogP contribution in [0.2, 0.25) is 0 Å². The van der Waals surface area contributed by atoms with Crippen LogP contribution >= 0.6 is 0 Å². The molecule has 0 heteroatoms. The van der Waals surface area contributed by atoms with Crippen LogP contribution in [-0.2, 0) is 0 Å². The Balaban J connectivity index is 2.02. The summed E-state index contributed by atoms with van der Waals surface area (Å²) in [5, 5.41) is 0. The summed E-state index contributed by atoms with van der Waals surface area (Å²) >= 11 is 0. The molecule has 0 aliphatic heterocycles. The Bertz CT molecular complexity index is 167. The highest BCUT2D eigenvalue weighted by molar-refractivity contribution is 5.14. The van der Waals surface area contributed by atoms with Gasteiger partial charge in [0.15, 0.2) is 0 Å². The zero-order valence-electron chi connectivity index (χ0n) is 7.47. The van der Waals surface area contributed by atoms with Crippen LogP contribution in [0.4, 0.5) is 0 Å². The molecule has 2 aliphatic carbocycles. The predicted octanol–water partition coefficient (Wildman–Crippen LogP) is 3.53. The molecule has 2 unspecified atom stereocenters. The van der Waals surface area contributed by atoms with Crippen LogP contribution in [0.5, 0.6) is 0 Å². The molecule has 0 bridgehead atoms. The van der Waals surface area contributed by atoms with Crippen LogP contribution in [0.25, 0.3) is 0 Å². The molecule has 2 atom stereocenters. The van der Waals surface area contributed by atoms with Gasteiger partial charge in [-0.1, -0.05) is 31.4 Å². The third-order valence-electron chi connectivity index (χ3n) is 3.40. The molecule has 0 aromatic heterocycles. The van der Waals surface area contributed by atoms with Gasteiger partial charge < -0.3 is 0 Å². The maximum atomic E-state index is 2.57. The number of hydrogen-bond acceptors (Lipinski definition) is 0. The van der Waals surface area contributed by atoms with E-state index in [9.17, 15) is 0 Å². The molecule has 0 N–H and O–H groups in total. The molecule has 2 rings (SSSR count). The molecule has 0 aromatic carbocycles. The predicted molar refractivity (Wildman–Crippen MR) is 48.4 cm³/mol. The van der Waals surface area contributed by atoms with Gasteiger partial charge in [0.1, 0.15) is 0 Å². The Morgan fingerprint density at radius 1 is 1.36 bits per heavy atom. The maximum absolute atomic E-state index is 2.57. The SMILES string of the molecule is CCC1=CC2CCCCC2C1. The van der Waals surface area contributed by atoms with E-state index in [2.05, 4.69) is 13.0 Å². The molecular weight excluding hydrogens is 132 g/mol. The lowest BCUT2D eigenvalue weighted by atomic mass is 9.81. The quantitative estimate of drug-likeness (QED) is 0.502. The van der Waals surface area contributed by atoms with Crippen molar-refractivity contribution in [1.29, 1.82) is 0 Å². The molecular formula is C11H18. The molecule has 0 saturated heterocycles. The van der Waals surface area contributed by atoms with E-state index in [-0.39, 0.29) is 0 Å². The first kappa shape index (κ1) is 7.39. The highest BCUT2D eigenvalue weighted by atomic mass is 14.3. The fraction of sp³-hybridized carbons (Fsp3) is 0.818. The fourth-order valence-electron chi connectivity index (χ4n) is 2.68. The summed E-state index contributed by atoms with van der Waals surface area (Å²) in [7, 11) is 0. The van der Waals surface area contributed by atoms with Crippen LogP contribution in [0.3, 0.4) is 0 Å². The zero-order chi connectivity index (χ0) is 7.68. The number of rotatable bonds is 1. The monoisotopic (exact) mass is 150 g/mol. The topological polar surface area (TPSA) is 0 Å². The minimum atomic E-state index is 0.985. The van der Waals surface area contributed by atoms with Gasteiger partial charge in [-0.2, -0.15) is 0 Å². The summed E-state index contributed by atoms with van der Waals surface area (Å²) in [4.78, 5) is 0. The summed E-state index contributed by atoms with van der Waals surface area (Å²) in [5.41, 5.74) is 1.74. The van der Waals surface area contributed by atoms with Gasteiger partial charge in [-0.15, -0.1) is 0 Å². The minimum Gasteiger partial charge on any atom is -0.0819 e. The largest absolute Gasteiger partial charge is 0.0819 e. The van der Waals surface area contributed by atoms with Crippen LogP contribution in [0, 0.1) is 11.8 Å². The van der Waals surface area contributed by atoms with Gasteiger partial charge in [0.2, 0.25) is 0 Å². The Hall–Kier alpha value is -0.260. The van der Waals surface area contributed by atoms with E-state index in [4.69, 9.17) is 0 Å². The van der Waals surface area contributed by atoms with Crippen LogP contribution in [0.15, 0.2) is 11.6 Å². The van der Waals surface area contributed by atoms with E-state index >= 15 is 0 Å². The second kappa shape index (κ2) is 3.00. The van der Waals surface area contributed by atoms with Crippen molar-refractivity contribution >= 4 is 0 Å². The van der Waals surface area contributed by atoms with Gasteiger partial charge in [0, 0.05) is 0 Å². The van der Waals surface area contributed by atoms with Gasteiger partial charge >= 0.3 is 0 Å². The molecule has 11 heavy (non-hydrogen) atoms. The number of hydrogen-bond donors (Lipinski definition) is 0. The standard InChI is InChI=1S/C11H18/c1-2-9-7-10-5-3-4-6-11(10)8-9/h7,10-11H,2-6,8H2,1H3. The van der Waals surface area contributed by atoms with Crippen molar-refractivity contribution in [3.63, 3.8) is 0 Å². The summed E-state index contributed by atoms with van der Waals surface area (Å²) in [5.74, 6) is 2.04. The molecule has 0 radical (unpaired) electrons. The van der Waals surface area contributed by atoms with Crippen LogP contribution in [-0.4, -0.2) is 0 Å². The van der Waals surface area contributed by atoms with Crippen molar-refractivity contribution in [2.45, 2.75) is 45.4 Å². The molecule has 0 heterocycles. The van der Waals surface area contributed by atoms with E-state index in [1.54, 1.807) is 5.57 Å². The minimum absolute atomic E-state index is 0.985. The molecule has 1 fully saturated rings. The van der Waals surface area contributed by atoms with Crippen molar-refractivity contribution in [1.82, 2.24) is 0 Å². The third kappa shape index (κ3) is 1.36. The van der Waals surface area contributed by atoms with Gasteiger partial charge in [0.05, 0.1) is 0 Å². The average Bonchev–Trinajstić information content (AvgIpc) is 2.46. The first-order valence-corrected chi connectivity index (χ1v) is 5.09. The average molecular weight is 150 g/mol. The van der Waals surface area contributed by atoms with Crippen molar-refractivity contribution in [2.24, 2.45) is 11.8 Å². The molecule has 0 nitrogen and oxygen atoms in total. The van der Waals surface area contributed by atoms with Crippen LogP contribution < -0.4 is 0 Å². The Morgan fingerprint density at radius 3 is 2.91 bits per heavy atom. The summed E-state index contributed by atoms with van der Waals surface area (Å²) < 4.78 is 0. The zero-order valence-corrected chi connectivity index (χ0v) is 7.47. The number of allylic oxidation sites excluding steroid dienone is 2. The Morgan fingerprint density at radius 2 is 2.18 bits per heavy atom. The van der Waals surface area contributed by atoms with Gasteiger partial charge in [-0.3, -0.25) is 0 Å². The van der Waals surface area contributed by atoms with Crippen molar-refractivity contribution in [3.8, 4) is 0 Å². The molecule has 1 saturated carbocycles. The second-order valence-corrected chi connectivity index (χ2v) is 4.09. The number of fused-ring (bicyclic) bond motifs is 1. The maximum Gasteiger partial charge on any atom is -0.0199 e. The van der Waals surface area contributed by atoms with E-state index in [1.165, 1.54) is 38.5 Å². The lowest BCUT2D eigenvalue weighted by molar-refractivity contribution is 0.302. The smallest absolute Gasteiger partial charge is 0.0199 e. The van der Waals surface area contributed by atoms with E-state index in [0.29, 0.717) is 0 Å². The van der Waals surface area contributed by atoms with Crippen LogP contribution in [0.1, 0.15) is 45.4 Å². The van der Waals surface area contributed by atoms with E-state index < -0.39 is 0 Å². The van der Waals surface area contributed by atoms with Gasteiger partial charge in [-0.05, 0) is 37.5 Å². The van der Waals surface area contributed by atoms with Gasteiger partial charge in [-0.25, -0.2) is 0 Å². The normalized spacial score (nSPS) is 36.6. The Labute approximate surface area is 69.7 Å². The fourth-order valence-corrected chi connectivity index (χ4v) is 2.68. The molecule has 0 spiro atoms. The summed E-state index contributed by atoms with van der Waals surface area (Å²) in [6.45, 7) is 2.29. The summed E-state index contributed by atoms with van der Waals surface area (Å²) in [6.07, 6.45) is 11.3. The third-order valence-corrected chi connectivity index (χ3v) is 3.40. The first-order chi connectivity index (χ1) is 5.40. The van der Waals surface area contributed by atoms with Gasteiger partial charge in [0.25, 0.3) is 0 Å². The second-order valence-electron chi connectivity index (χ2n) is 4.09. The highest BCUT2D eigenvalue weighted by Crippen LogP contribution is 2.41. The van der Waals surface area contributed by atoms with Crippen molar-refractivity contribution in [2.75, 3.05) is 0 Å². The first-order valence-electron chi connectivity index (χ1n) is 5.09. The Kier molecular flexibility index (Phi) is 2.02. The van der Waals surface area contributed by atoms with Crippen molar-refractivity contribution in [3.05, 3.63) is 11.6 Å². The lowest BCUT2D eigenvalue weighted by Gasteiger charge is -2.24. The van der Waals surface area contributed by atoms with E-state index in [1.807, 2.05) is 0 Å². The van der Waals surface area contributed by atoms with Crippen molar-refractivity contribution < 1.29 is 0 Å². The molecule has 0 aromatic rings.